The molecule has 0 radical (unpaired) electrons. The van der Waals surface area contributed by atoms with E-state index in [1.165, 1.54) is 11.3 Å². The molecule has 3 rings (SSSR count). The summed E-state index contributed by atoms with van der Waals surface area (Å²) in [4.78, 5) is 2.39. The Morgan fingerprint density at radius 1 is 1.26 bits per heavy atom. The third-order valence-electron chi connectivity index (χ3n) is 4.02. The number of nitrogens with one attached hydrogen (secondary N) is 1. The van der Waals surface area contributed by atoms with Gasteiger partial charge in [0.1, 0.15) is 0 Å². The first-order chi connectivity index (χ1) is 11.3. The first-order valence-electron chi connectivity index (χ1n) is 7.97. The maximum absolute atomic E-state index is 5.46. The Labute approximate surface area is 144 Å². The largest absolute Gasteiger partial charge is 0.378 e. The highest BCUT2D eigenvalue weighted by Gasteiger charge is 2.15. The topological polar surface area (TPSA) is 55.2 Å². The van der Waals surface area contributed by atoms with Gasteiger partial charge in [0.15, 0.2) is 0 Å². The predicted molar refractivity (Wildman–Crippen MR) is 93.4 cm³/mol. The summed E-state index contributed by atoms with van der Waals surface area (Å²) in [7, 11) is 0. The monoisotopic (exact) mass is 379 g/mol. The van der Waals surface area contributed by atoms with Gasteiger partial charge >= 0.3 is 0 Å². The van der Waals surface area contributed by atoms with Crippen molar-refractivity contribution >= 4 is 21.6 Å². The number of halogens is 1. The van der Waals surface area contributed by atoms with Gasteiger partial charge in [-0.2, -0.15) is 0 Å². The minimum absolute atomic E-state index is 0.763. The molecule has 6 nitrogen and oxygen atoms in total. The quantitative estimate of drug-likeness (QED) is 0.833. The molecule has 0 bridgehead atoms. The van der Waals surface area contributed by atoms with Crippen LogP contribution in [0.25, 0.3) is 0 Å². The van der Waals surface area contributed by atoms with E-state index in [1.807, 2.05) is 10.9 Å². The van der Waals surface area contributed by atoms with Gasteiger partial charge in [0.05, 0.1) is 25.1 Å². The van der Waals surface area contributed by atoms with Crippen LogP contribution >= 0.6 is 15.9 Å². The molecule has 0 amide bonds. The van der Waals surface area contributed by atoms with E-state index in [0.717, 1.165) is 56.1 Å². The smallest absolute Gasteiger partial charge is 0.0738 e. The zero-order valence-corrected chi connectivity index (χ0v) is 14.9. The first-order valence-corrected chi connectivity index (χ1v) is 8.76. The van der Waals surface area contributed by atoms with Crippen molar-refractivity contribution < 1.29 is 4.74 Å². The van der Waals surface area contributed by atoms with Crippen molar-refractivity contribution in [3.63, 3.8) is 0 Å². The second-order valence-electron chi connectivity index (χ2n) is 5.52. The third-order valence-corrected chi connectivity index (χ3v) is 4.51. The fourth-order valence-corrected chi connectivity index (χ4v) is 3.14. The molecule has 1 aliphatic rings. The fourth-order valence-electron chi connectivity index (χ4n) is 2.79. The molecular weight excluding hydrogens is 358 g/mol. The third kappa shape index (κ3) is 4.10. The Bertz CT molecular complexity index is 639. The van der Waals surface area contributed by atoms with Crippen molar-refractivity contribution in [2.24, 2.45) is 0 Å². The van der Waals surface area contributed by atoms with Gasteiger partial charge in [-0.05, 0) is 24.6 Å². The van der Waals surface area contributed by atoms with Crippen LogP contribution in [0.3, 0.4) is 0 Å². The number of ether oxygens (including phenoxy) is 1. The minimum atomic E-state index is 0.763. The van der Waals surface area contributed by atoms with Crippen molar-refractivity contribution in [3.8, 4) is 0 Å². The molecule has 1 saturated heterocycles. The Hall–Kier alpha value is -1.44. The van der Waals surface area contributed by atoms with Crippen LogP contribution in [-0.4, -0.2) is 41.3 Å². The number of hydrogen-bond donors (Lipinski definition) is 1. The van der Waals surface area contributed by atoms with E-state index in [1.54, 1.807) is 0 Å². The van der Waals surface area contributed by atoms with E-state index < -0.39 is 0 Å². The molecule has 23 heavy (non-hydrogen) atoms. The molecule has 0 unspecified atom stereocenters. The molecule has 0 atom stereocenters. The molecule has 1 aliphatic heterocycles. The number of nitrogens with zero attached hydrogens (tertiary/aromatic N) is 4. The van der Waals surface area contributed by atoms with Gasteiger partial charge in [0.2, 0.25) is 0 Å². The second-order valence-corrected chi connectivity index (χ2v) is 6.43. The molecule has 0 spiro atoms. The van der Waals surface area contributed by atoms with Gasteiger partial charge in [-0.25, -0.2) is 4.68 Å². The number of aryl methyl sites for hydroxylation is 1. The number of benzene rings is 1. The maximum atomic E-state index is 5.46. The summed E-state index contributed by atoms with van der Waals surface area (Å²) in [5.41, 5.74) is 3.68. The molecule has 7 heteroatoms. The van der Waals surface area contributed by atoms with E-state index in [-0.39, 0.29) is 0 Å². The molecule has 2 heterocycles. The zero-order chi connectivity index (χ0) is 16.1. The molecule has 1 aromatic heterocycles. The van der Waals surface area contributed by atoms with E-state index in [4.69, 9.17) is 4.74 Å². The van der Waals surface area contributed by atoms with Crippen LogP contribution in [0.15, 0.2) is 28.9 Å². The van der Waals surface area contributed by atoms with Gasteiger partial charge in [-0.15, -0.1) is 5.10 Å². The number of aromatic nitrogens is 3. The van der Waals surface area contributed by atoms with Gasteiger partial charge in [-0.3, -0.25) is 0 Å². The van der Waals surface area contributed by atoms with E-state index in [0.29, 0.717) is 0 Å². The number of anilines is 1. The van der Waals surface area contributed by atoms with Crippen LogP contribution in [0.5, 0.6) is 0 Å². The SMILES string of the molecule is CCn1nncc1CNCc1ccc(Br)cc1N1CCOCC1. The summed E-state index contributed by atoms with van der Waals surface area (Å²) in [6.07, 6.45) is 1.82. The van der Waals surface area contributed by atoms with Crippen molar-refractivity contribution in [2.45, 2.75) is 26.6 Å². The van der Waals surface area contributed by atoms with Crippen LogP contribution < -0.4 is 10.2 Å². The maximum Gasteiger partial charge on any atom is 0.0738 e. The lowest BCUT2D eigenvalue weighted by molar-refractivity contribution is 0.122. The highest BCUT2D eigenvalue weighted by molar-refractivity contribution is 9.10. The van der Waals surface area contributed by atoms with E-state index in [9.17, 15) is 0 Å². The molecule has 124 valence electrons. The molecule has 2 aromatic rings. The van der Waals surface area contributed by atoms with E-state index >= 15 is 0 Å². The van der Waals surface area contributed by atoms with Gasteiger partial charge in [-0.1, -0.05) is 27.2 Å². The summed E-state index contributed by atoms with van der Waals surface area (Å²) in [6, 6.07) is 6.47. The normalized spacial score (nSPS) is 15.1. The van der Waals surface area contributed by atoms with Crippen molar-refractivity contribution in [1.82, 2.24) is 20.3 Å². The summed E-state index contributed by atoms with van der Waals surface area (Å²) in [5.74, 6) is 0. The highest BCUT2D eigenvalue weighted by atomic mass is 79.9. The Kier molecular flexibility index (Phi) is 5.64. The average molecular weight is 380 g/mol. The Morgan fingerprint density at radius 3 is 2.87 bits per heavy atom. The lowest BCUT2D eigenvalue weighted by Gasteiger charge is -2.31. The molecular formula is C16H22BrN5O. The molecule has 1 N–H and O–H groups in total. The van der Waals surface area contributed by atoms with E-state index in [2.05, 4.69) is 61.6 Å². The minimum Gasteiger partial charge on any atom is -0.378 e. The number of morpholine rings is 1. The highest BCUT2D eigenvalue weighted by Crippen LogP contribution is 2.26. The summed E-state index contributed by atoms with van der Waals surface area (Å²) < 4.78 is 8.48. The van der Waals surface area contributed by atoms with Crippen LogP contribution in [0.1, 0.15) is 18.2 Å². The number of rotatable bonds is 6. The van der Waals surface area contributed by atoms with Crippen molar-refractivity contribution in [3.05, 3.63) is 40.1 Å². The van der Waals surface area contributed by atoms with Crippen LogP contribution in [0.4, 0.5) is 5.69 Å². The van der Waals surface area contributed by atoms with Gasteiger partial charge in [0, 0.05) is 42.9 Å². The summed E-state index contributed by atoms with van der Waals surface area (Å²) in [5, 5.41) is 11.5. The molecule has 0 aliphatic carbocycles. The standard InChI is InChI=1S/C16H22BrN5O/c1-2-22-15(12-19-20-22)11-18-10-13-3-4-14(17)9-16(13)21-5-7-23-8-6-21/h3-4,9,12,18H,2,5-8,10-11H2,1H3. The van der Waals surface area contributed by atoms with Crippen molar-refractivity contribution in [2.75, 3.05) is 31.2 Å². The zero-order valence-electron chi connectivity index (χ0n) is 13.3. The summed E-state index contributed by atoms with van der Waals surface area (Å²) >= 11 is 3.58. The van der Waals surface area contributed by atoms with Crippen molar-refractivity contribution in [1.29, 1.82) is 0 Å². The number of hydrogen-bond acceptors (Lipinski definition) is 5. The molecule has 1 fully saturated rings. The van der Waals surface area contributed by atoms with Crippen LogP contribution in [0, 0.1) is 0 Å². The second kappa shape index (κ2) is 7.90. The average Bonchev–Trinajstić information content (AvgIpc) is 3.04. The lowest BCUT2D eigenvalue weighted by atomic mass is 10.1. The molecule has 0 saturated carbocycles. The Morgan fingerprint density at radius 2 is 2.09 bits per heavy atom. The van der Waals surface area contributed by atoms with Crippen LogP contribution in [-0.2, 0) is 24.4 Å². The van der Waals surface area contributed by atoms with Gasteiger partial charge < -0.3 is 15.0 Å². The lowest BCUT2D eigenvalue weighted by Crippen LogP contribution is -2.37. The fraction of sp³-hybridized carbons (Fsp3) is 0.500. The summed E-state index contributed by atoms with van der Waals surface area (Å²) in [6.45, 7) is 7.96. The van der Waals surface area contributed by atoms with Crippen LogP contribution in [0.2, 0.25) is 0 Å². The predicted octanol–water partition coefficient (Wildman–Crippen LogP) is 2.19. The molecule has 1 aromatic carbocycles. The first kappa shape index (κ1) is 16.4. The van der Waals surface area contributed by atoms with Gasteiger partial charge in [0.25, 0.3) is 0 Å². The Balaban J connectivity index is 1.67.